The molecule has 2 atom stereocenters. The van der Waals surface area contributed by atoms with Gasteiger partial charge in [0.1, 0.15) is 5.76 Å². The summed E-state index contributed by atoms with van der Waals surface area (Å²) < 4.78 is 5.49. The van der Waals surface area contributed by atoms with Gasteiger partial charge < -0.3 is 9.73 Å². The molecule has 0 bridgehead atoms. The van der Waals surface area contributed by atoms with Crippen molar-refractivity contribution in [2.24, 2.45) is 5.92 Å². The minimum Gasteiger partial charge on any atom is -0.468 e. The second-order valence-corrected chi connectivity index (χ2v) is 5.63. The standard InChI is InChI=1S/C17H21NO/c1-12-5-7-14(8-6-12)17(15-9-10-15)18-13(2)16-4-3-11-19-16/h3-8,11,13,15,17-18H,9-10H2,1-2H3/t13-,17?/m1/s1. The molecule has 2 nitrogen and oxygen atoms in total. The highest BCUT2D eigenvalue weighted by molar-refractivity contribution is 5.26. The van der Waals surface area contributed by atoms with Crippen LogP contribution in [0.2, 0.25) is 0 Å². The predicted molar refractivity (Wildman–Crippen MR) is 76.9 cm³/mol. The first-order valence-corrected chi connectivity index (χ1v) is 7.10. The van der Waals surface area contributed by atoms with Crippen LogP contribution >= 0.6 is 0 Å². The first kappa shape index (κ1) is 12.5. The fourth-order valence-electron chi connectivity index (χ4n) is 2.60. The van der Waals surface area contributed by atoms with Crippen LogP contribution in [0.5, 0.6) is 0 Å². The molecule has 1 heterocycles. The molecule has 1 aromatic carbocycles. The Hall–Kier alpha value is -1.54. The number of aryl methyl sites for hydroxylation is 1. The molecule has 100 valence electrons. The van der Waals surface area contributed by atoms with Gasteiger partial charge in [0, 0.05) is 6.04 Å². The zero-order valence-electron chi connectivity index (χ0n) is 11.6. The maximum absolute atomic E-state index is 5.49. The van der Waals surface area contributed by atoms with Crippen LogP contribution in [0, 0.1) is 12.8 Å². The van der Waals surface area contributed by atoms with Crippen molar-refractivity contribution in [2.75, 3.05) is 0 Å². The van der Waals surface area contributed by atoms with Gasteiger partial charge in [0.05, 0.1) is 12.3 Å². The van der Waals surface area contributed by atoms with E-state index >= 15 is 0 Å². The van der Waals surface area contributed by atoms with Gasteiger partial charge in [-0.15, -0.1) is 0 Å². The second kappa shape index (κ2) is 5.22. The summed E-state index contributed by atoms with van der Waals surface area (Å²) in [7, 11) is 0. The molecule has 1 aliphatic rings. The summed E-state index contributed by atoms with van der Waals surface area (Å²) in [5.74, 6) is 1.79. The van der Waals surface area contributed by atoms with Gasteiger partial charge in [0.2, 0.25) is 0 Å². The zero-order valence-corrected chi connectivity index (χ0v) is 11.6. The second-order valence-electron chi connectivity index (χ2n) is 5.63. The van der Waals surface area contributed by atoms with E-state index in [0.717, 1.165) is 11.7 Å². The topological polar surface area (TPSA) is 25.2 Å². The van der Waals surface area contributed by atoms with Crippen LogP contribution in [-0.2, 0) is 0 Å². The number of furan rings is 1. The first-order chi connectivity index (χ1) is 9.24. The third-order valence-electron chi connectivity index (χ3n) is 3.93. The molecule has 0 aliphatic heterocycles. The average Bonchev–Trinajstić information content (AvgIpc) is 3.10. The van der Waals surface area contributed by atoms with Crippen LogP contribution < -0.4 is 5.32 Å². The number of benzene rings is 1. The van der Waals surface area contributed by atoms with Gasteiger partial charge in [0.25, 0.3) is 0 Å². The molecular weight excluding hydrogens is 234 g/mol. The summed E-state index contributed by atoms with van der Waals surface area (Å²) in [4.78, 5) is 0. The SMILES string of the molecule is Cc1ccc(C(N[C@H](C)c2ccco2)C2CC2)cc1. The van der Waals surface area contributed by atoms with Crippen molar-refractivity contribution in [3.8, 4) is 0 Å². The quantitative estimate of drug-likeness (QED) is 0.857. The summed E-state index contributed by atoms with van der Waals surface area (Å²) in [5, 5.41) is 3.72. The van der Waals surface area contributed by atoms with Crippen LogP contribution in [0.25, 0.3) is 0 Å². The van der Waals surface area contributed by atoms with E-state index in [1.54, 1.807) is 6.26 Å². The van der Waals surface area contributed by atoms with Crippen molar-refractivity contribution >= 4 is 0 Å². The lowest BCUT2D eigenvalue weighted by molar-refractivity contribution is 0.372. The van der Waals surface area contributed by atoms with Crippen molar-refractivity contribution < 1.29 is 4.42 Å². The maximum atomic E-state index is 5.49. The molecule has 0 radical (unpaired) electrons. The van der Waals surface area contributed by atoms with E-state index in [1.807, 2.05) is 12.1 Å². The number of nitrogens with one attached hydrogen (secondary N) is 1. The molecule has 0 spiro atoms. The Morgan fingerprint density at radius 3 is 2.47 bits per heavy atom. The highest BCUT2D eigenvalue weighted by atomic mass is 16.3. The summed E-state index contributed by atoms with van der Waals surface area (Å²) in [6.07, 6.45) is 4.40. The van der Waals surface area contributed by atoms with Crippen molar-refractivity contribution in [2.45, 2.75) is 38.8 Å². The fraction of sp³-hybridized carbons (Fsp3) is 0.412. The minimum atomic E-state index is 0.252. The van der Waals surface area contributed by atoms with Gasteiger partial charge in [-0.25, -0.2) is 0 Å². The lowest BCUT2D eigenvalue weighted by atomic mass is 10.00. The molecule has 0 amide bonds. The Morgan fingerprint density at radius 2 is 1.89 bits per heavy atom. The molecule has 3 rings (SSSR count). The van der Waals surface area contributed by atoms with Gasteiger partial charge in [0.15, 0.2) is 0 Å². The fourth-order valence-corrected chi connectivity index (χ4v) is 2.60. The summed E-state index contributed by atoms with van der Waals surface area (Å²) >= 11 is 0. The molecule has 1 saturated carbocycles. The molecular formula is C17H21NO. The lowest BCUT2D eigenvalue weighted by Crippen LogP contribution is -2.26. The summed E-state index contributed by atoms with van der Waals surface area (Å²) in [6.45, 7) is 4.30. The van der Waals surface area contributed by atoms with E-state index in [0.29, 0.717) is 6.04 Å². The van der Waals surface area contributed by atoms with Crippen molar-refractivity contribution in [1.82, 2.24) is 5.32 Å². The summed E-state index contributed by atoms with van der Waals surface area (Å²) in [5.41, 5.74) is 2.71. The monoisotopic (exact) mass is 255 g/mol. The molecule has 2 heteroatoms. The van der Waals surface area contributed by atoms with Crippen molar-refractivity contribution in [3.63, 3.8) is 0 Å². The molecule has 0 saturated heterocycles. The van der Waals surface area contributed by atoms with Gasteiger partial charge in [-0.3, -0.25) is 0 Å². The van der Waals surface area contributed by atoms with E-state index in [-0.39, 0.29) is 6.04 Å². The van der Waals surface area contributed by atoms with Crippen LogP contribution in [0.4, 0.5) is 0 Å². The molecule has 1 N–H and O–H groups in total. The number of hydrogen-bond donors (Lipinski definition) is 1. The van der Waals surface area contributed by atoms with Gasteiger partial charge in [-0.1, -0.05) is 29.8 Å². The number of rotatable bonds is 5. The van der Waals surface area contributed by atoms with E-state index in [1.165, 1.54) is 24.0 Å². The zero-order chi connectivity index (χ0) is 13.2. The highest BCUT2D eigenvalue weighted by Gasteiger charge is 2.33. The third-order valence-corrected chi connectivity index (χ3v) is 3.93. The maximum Gasteiger partial charge on any atom is 0.120 e. The highest BCUT2D eigenvalue weighted by Crippen LogP contribution is 2.42. The molecule has 19 heavy (non-hydrogen) atoms. The van der Waals surface area contributed by atoms with Gasteiger partial charge >= 0.3 is 0 Å². The predicted octanol–water partition coefficient (Wildman–Crippen LogP) is 4.39. The van der Waals surface area contributed by atoms with E-state index in [4.69, 9.17) is 4.42 Å². The molecule has 1 fully saturated rings. The first-order valence-electron chi connectivity index (χ1n) is 7.10. The molecule has 2 aromatic rings. The molecule has 1 aliphatic carbocycles. The Morgan fingerprint density at radius 1 is 1.16 bits per heavy atom. The normalized spacial score (nSPS) is 18.2. The smallest absolute Gasteiger partial charge is 0.120 e. The number of hydrogen-bond acceptors (Lipinski definition) is 2. The Kier molecular flexibility index (Phi) is 3.43. The summed E-state index contributed by atoms with van der Waals surface area (Å²) in [6, 6.07) is 13.6. The average molecular weight is 255 g/mol. The van der Waals surface area contributed by atoms with Crippen LogP contribution in [0.15, 0.2) is 47.1 Å². The largest absolute Gasteiger partial charge is 0.468 e. The van der Waals surface area contributed by atoms with Crippen LogP contribution in [0.1, 0.15) is 48.7 Å². The molecule has 1 unspecified atom stereocenters. The van der Waals surface area contributed by atoms with E-state index in [2.05, 4.69) is 43.4 Å². The van der Waals surface area contributed by atoms with Crippen LogP contribution in [-0.4, -0.2) is 0 Å². The Balaban J connectivity index is 1.76. The van der Waals surface area contributed by atoms with Gasteiger partial charge in [-0.2, -0.15) is 0 Å². The Bertz CT molecular complexity index is 511. The van der Waals surface area contributed by atoms with Gasteiger partial charge in [-0.05, 0) is 50.3 Å². The molecule has 1 aromatic heterocycles. The lowest BCUT2D eigenvalue weighted by Gasteiger charge is -2.23. The van der Waals surface area contributed by atoms with Crippen LogP contribution in [0.3, 0.4) is 0 Å². The van der Waals surface area contributed by atoms with E-state index < -0.39 is 0 Å². The van der Waals surface area contributed by atoms with E-state index in [9.17, 15) is 0 Å². The van der Waals surface area contributed by atoms with Crippen molar-refractivity contribution in [3.05, 3.63) is 59.5 Å². The van der Waals surface area contributed by atoms with Crippen molar-refractivity contribution in [1.29, 1.82) is 0 Å². The minimum absolute atomic E-state index is 0.252. The Labute approximate surface area is 114 Å². The third kappa shape index (κ3) is 2.90.